The second-order valence-corrected chi connectivity index (χ2v) is 3.90. The van der Waals surface area contributed by atoms with Gasteiger partial charge in [-0.3, -0.25) is 4.79 Å². The third-order valence-corrected chi connectivity index (χ3v) is 2.31. The first-order valence-electron chi connectivity index (χ1n) is 4.12. The molecule has 0 saturated heterocycles. The molecule has 0 aliphatic heterocycles. The molecule has 0 aromatic carbocycles. The number of thioether (sulfide) groups is 1. The molecular weight excluding hydrogens is 168 g/mol. The zero-order valence-electron chi connectivity index (χ0n) is 7.80. The molecule has 0 N–H and O–H groups in total. The van der Waals surface area contributed by atoms with Gasteiger partial charge < -0.3 is 0 Å². The number of carbonyl (C=O) groups excluding carboxylic acids is 1. The van der Waals surface area contributed by atoms with E-state index in [1.807, 2.05) is 6.92 Å². The Labute approximate surface area is 78.9 Å². The van der Waals surface area contributed by atoms with E-state index in [0.717, 1.165) is 17.1 Å². The van der Waals surface area contributed by atoms with Gasteiger partial charge in [-0.15, -0.1) is 0 Å². The molecule has 0 aliphatic rings. The van der Waals surface area contributed by atoms with E-state index in [2.05, 4.69) is 13.5 Å². The van der Waals surface area contributed by atoms with Crippen LogP contribution in [0.4, 0.5) is 0 Å². The number of hydrogen-bond acceptors (Lipinski definition) is 2. The van der Waals surface area contributed by atoms with Crippen LogP contribution in [0.25, 0.3) is 0 Å². The van der Waals surface area contributed by atoms with Gasteiger partial charge in [-0.05, 0) is 24.3 Å². The number of rotatable bonds is 6. The van der Waals surface area contributed by atoms with Crippen LogP contribution in [-0.2, 0) is 4.79 Å². The lowest BCUT2D eigenvalue weighted by Crippen LogP contribution is -1.95. The molecule has 0 saturated carbocycles. The van der Waals surface area contributed by atoms with Crippen LogP contribution in [0.5, 0.6) is 0 Å². The fourth-order valence-electron chi connectivity index (χ4n) is 0.702. The third kappa shape index (κ3) is 6.23. The Morgan fingerprint density at radius 1 is 1.58 bits per heavy atom. The maximum Gasteiger partial charge on any atom is 0.156 e. The summed E-state index contributed by atoms with van der Waals surface area (Å²) in [6.45, 7) is 7.57. The Morgan fingerprint density at radius 3 is 2.75 bits per heavy atom. The average molecular weight is 184 g/mol. The monoisotopic (exact) mass is 184 g/mol. The summed E-state index contributed by atoms with van der Waals surface area (Å²) < 4.78 is 0. The van der Waals surface area contributed by atoms with E-state index in [0.29, 0.717) is 6.42 Å². The quantitative estimate of drug-likeness (QED) is 0.359. The molecule has 0 amide bonds. The first-order chi connectivity index (χ1) is 5.70. The number of hydrogen-bond donors (Lipinski definition) is 0. The van der Waals surface area contributed by atoms with Gasteiger partial charge in [0.1, 0.15) is 0 Å². The van der Waals surface area contributed by atoms with Crippen LogP contribution >= 0.6 is 11.8 Å². The normalized spacial score (nSPS) is 11.3. The zero-order valence-corrected chi connectivity index (χ0v) is 8.62. The van der Waals surface area contributed by atoms with Crippen molar-refractivity contribution in [3.63, 3.8) is 0 Å². The summed E-state index contributed by atoms with van der Waals surface area (Å²) in [4.78, 5) is 11.1. The van der Waals surface area contributed by atoms with Gasteiger partial charge >= 0.3 is 0 Å². The molecule has 0 heterocycles. The van der Waals surface area contributed by atoms with Gasteiger partial charge in [0.15, 0.2) is 5.78 Å². The molecule has 0 rings (SSSR count). The van der Waals surface area contributed by atoms with Crippen molar-refractivity contribution in [1.29, 1.82) is 0 Å². The van der Waals surface area contributed by atoms with Gasteiger partial charge in [0.25, 0.3) is 0 Å². The number of ketones is 1. The highest BCUT2D eigenvalue weighted by Gasteiger charge is 1.96. The first-order valence-corrected chi connectivity index (χ1v) is 5.27. The summed E-state index contributed by atoms with van der Waals surface area (Å²) in [5.41, 5.74) is 0.946. The molecule has 0 aromatic heterocycles. The lowest BCUT2D eigenvalue weighted by atomic mass is 10.2. The van der Waals surface area contributed by atoms with E-state index in [9.17, 15) is 4.79 Å². The summed E-state index contributed by atoms with van der Waals surface area (Å²) in [6, 6.07) is 0. The van der Waals surface area contributed by atoms with E-state index in [1.165, 1.54) is 0 Å². The lowest BCUT2D eigenvalue weighted by Gasteiger charge is -1.95. The van der Waals surface area contributed by atoms with Gasteiger partial charge in [0.2, 0.25) is 0 Å². The van der Waals surface area contributed by atoms with Crippen molar-refractivity contribution >= 4 is 17.5 Å². The van der Waals surface area contributed by atoms with Crippen LogP contribution in [0.15, 0.2) is 24.3 Å². The molecule has 0 unspecified atom stereocenters. The second-order valence-electron chi connectivity index (χ2n) is 2.51. The molecular formula is C10H16OS. The van der Waals surface area contributed by atoms with Crippen molar-refractivity contribution in [2.75, 3.05) is 11.5 Å². The minimum absolute atomic E-state index is 0.202. The van der Waals surface area contributed by atoms with Crippen LogP contribution in [0.2, 0.25) is 0 Å². The van der Waals surface area contributed by atoms with Crippen molar-refractivity contribution in [3.05, 3.63) is 24.3 Å². The van der Waals surface area contributed by atoms with Crippen LogP contribution in [0.1, 0.15) is 20.3 Å². The Morgan fingerprint density at radius 2 is 2.25 bits per heavy atom. The fourth-order valence-corrected chi connectivity index (χ4v) is 1.34. The van der Waals surface area contributed by atoms with Crippen LogP contribution < -0.4 is 0 Å². The van der Waals surface area contributed by atoms with E-state index in [1.54, 1.807) is 23.9 Å². The maximum atomic E-state index is 11.1. The largest absolute Gasteiger partial charge is 0.295 e. The lowest BCUT2D eigenvalue weighted by molar-refractivity contribution is -0.114. The maximum absolute atomic E-state index is 11.1. The first kappa shape index (κ1) is 11.5. The Balaban J connectivity index is 3.66. The van der Waals surface area contributed by atoms with E-state index in [-0.39, 0.29) is 5.78 Å². The summed E-state index contributed by atoms with van der Waals surface area (Å²) in [6.07, 6.45) is 4.00. The van der Waals surface area contributed by atoms with Gasteiger partial charge in [-0.1, -0.05) is 19.6 Å². The molecule has 0 bridgehead atoms. The molecule has 1 nitrogen and oxygen atoms in total. The highest BCUT2D eigenvalue weighted by atomic mass is 32.2. The van der Waals surface area contributed by atoms with Crippen molar-refractivity contribution < 1.29 is 4.79 Å². The van der Waals surface area contributed by atoms with E-state index in [4.69, 9.17) is 0 Å². The van der Waals surface area contributed by atoms with Crippen LogP contribution in [0.3, 0.4) is 0 Å². The highest BCUT2D eigenvalue weighted by Crippen LogP contribution is 2.03. The molecule has 0 radical (unpaired) electrons. The SMILES string of the molecule is C=C/C(C)=C/C(=O)CCSCC. The van der Waals surface area contributed by atoms with Crippen molar-refractivity contribution in [2.45, 2.75) is 20.3 Å². The van der Waals surface area contributed by atoms with Crippen molar-refractivity contribution in [1.82, 2.24) is 0 Å². The van der Waals surface area contributed by atoms with Crippen LogP contribution in [0, 0.1) is 0 Å². The topological polar surface area (TPSA) is 17.1 Å². The van der Waals surface area contributed by atoms with Gasteiger partial charge in [-0.2, -0.15) is 11.8 Å². The number of allylic oxidation sites excluding steroid dienone is 3. The van der Waals surface area contributed by atoms with Gasteiger partial charge in [0.05, 0.1) is 0 Å². The molecule has 0 fully saturated rings. The Bertz CT molecular complexity index is 182. The molecule has 0 atom stereocenters. The molecule has 0 aromatic rings. The molecule has 0 spiro atoms. The van der Waals surface area contributed by atoms with Crippen molar-refractivity contribution in [2.24, 2.45) is 0 Å². The van der Waals surface area contributed by atoms with E-state index >= 15 is 0 Å². The van der Waals surface area contributed by atoms with Crippen LogP contribution in [-0.4, -0.2) is 17.3 Å². The smallest absolute Gasteiger partial charge is 0.156 e. The van der Waals surface area contributed by atoms with Gasteiger partial charge in [0, 0.05) is 12.2 Å². The summed E-state index contributed by atoms with van der Waals surface area (Å²) in [5, 5.41) is 0. The minimum atomic E-state index is 0.202. The standard InChI is InChI=1S/C10H16OS/c1-4-9(3)8-10(11)6-7-12-5-2/h4,8H,1,5-7H2,2-3H3/b9-8+. The average Bonchev–Trinajstić information content (AvgIpc) is 2.05. The second kappa shape index (κ2) is 7.17. The Kier molecular flexibility index (Phi) is 6.87. The minimum Gasteiger partial charge on any atom is -0.295 e. The summed E-state index contributed by atoms with van der Waals surface area (Å²) >= 11 is 1.80. The Hall–Kier alpha value is -0.500. The molecule has 12 heavy (non-hydrogen) atoms. The predicted octanol–water partition coefficient (Wildman–Crippen LogP) is 2.83. The number of carbonyl (C=O) groups is 1. The predicted molar refractivity (Wildman–Crippen MR) is 56.6 cm³/mol. The summed E-state index contributed by atoms with van der Waals surface area (Å²) in [5.74, 6) is 2.21. The molecule has 0 aliphatic carbocycles. The molecule has 68 valence electrons. The highest BCUT2D eigenvalue weighted by molar-refractivity contribution is 7.99. The van der Waals surface area contributed by atoms with Gasteiger partial charge in [-0.25, -0.2) is 0 Å². The van der Waals surface area contributed by atoms with E-state index < -0.39 is 0 Å². The third-order valence-electron chi connectivity index (χ3n) is 1.41. The molecule has 2 heteroatoms. The zero-order chi connectivity index (χ0) is 9.40. The fraction of sp³-hybridized carbons (Fsp3) is 0.500. The van der Waals surface area contributed by atoms with Crippen molar-refractivity contribution in [3.8, 4) is 0 Å². The summed E-state index contributed by atoms with van der Waals surface area (Å²) in [7, 11) is 0.